The Morgan fingerprint density at radius 2 is 1.85 bits per heavy atom. The number of aliphatic hydroxyl groups excluding tert-OH is 1. The summed E-state index contributed by atoms with van der Waals surface area (Å²) < 4.78 is 44.8. The maximum Gasteiger partial charge on any atom is 0.241 e. The van der Waals surface area contributed by atoms with E-state index < -0.39 is 16.1 Å². The maximum absolute atomic E-state index is 15.0. The Morgan fingerprint density at radius 1 is 1.08 bits per heavy atom. The predicted octanol–water partition coefficient (Wildman–Crippen LogP) is 4.31. The van der Waals surface area contributed by atoms with Gasteiger partial charge in [0.2, 0.25) is 10.0 Å². The van der Waals surface area contributed by atoms with Gasteiger partial charge in [0.15, 0.2) is 0 Å². The first-order valence-corrected chi connectivity index (χ1v) is 15.6. The Hall–Kier alpha value is -2.59. The van der Waals surface area contributed by atoms with E-state index in [0.29, 0.717) is 35.7 Å². The van der Waals surface area contributed by atoms with Gasteiger partial charge in [0, 0.05) is 11.1 Å². The first-order valence-electron chi connectivity index (χ1n) is 14.1. The molecule has 39 heavy (non-hydrogen) atoms. The Bertz CT molecular complexity index is 1460. The third-order valence-corrected chi connectivity index (χ3v) is 11.6. The normalized spacial score (nSPS) is 31.3. The minimum atomic E-state index is -3.54. The van der Waals surface area contributed by atoms with Gasteiger partial charge in [-0.1, -0.05) is 30.3 Å². The van der Waals surface area contributed by atoms with Gasteiger partial charge in [0.25, 0.3) is 0 Å². The van der Waals surface area contributed by atoms with Crippen molar-refractivity contribution in [3.05, 3.63) is 72.4 Å². The molecule has 0 amide bonds. The van der Waals surface area contributed by atoms with Crippen LogP contribution >= 0.6 is 0 Å². The number of hydrogen-bond acceptors (Lipinski definition) is 5. The fourth-order valence-electron chi connectivity index (χ4n) is 8.69. The molecule has 4 saturated carbocycles. The van der Waals surface area contributed by atoms with Crippen molar-refractivity contribution in [3.8, 4) is 11.3 Å². The van der Waals surface area contributed by atoms with Crippen LogP contribution in [-0.4, -0.2) is 42.4 Å². The highest BCUT2D eigenvalue weighted by Crippen LogP contribution is 2.64. The Morgan fingerprint density at radius 3 is 2.62 bits per heavy atom. The molecule has 8 rings (SSSR count). The van der Waals surface area contributed by atoms with Gasteiger partial charge in [0.1, 0.15) is 5.82 Å². The van der Waals surface area contributed by atoms with Crippen molar-refractivity contribution < 1.29 is 17.9 Å². The highest BCUT2D eigenvalue weighted by atomic mass is 32.2. The second-order valence-corrected chi connectivity index (χ2v) is 14.0. The number of aliphatic hydroxyl groups is 1. The summed E-state index contributed by atoms with van der Waals surface area (Å²) >= 11 is 0. The van der Waals surface area contributed by atoms with Crippen molar-refractivity contribution >= 4 is 10.0 Å². The van der Waals surface area contributed by atoms with E-state index in [1.54, 1.807) is 48.9 Å². The van der Waals surface area contributed by atoms with Crippen molar-refractivity contribution in [1.29, 1.82) is 0 Å². The van der Waals surface area contributed by atoms with E-state index in [9.17, 15) is 17.9 Å². The lowest BCUT2D eigenvalue weighted by molar-refractivity contribution is -0.149. The first-order chi connectivity index (χ1) is 18.8. The van der Waals surface area contributed by atoms with Crippen LogP contribution in [0.4, 0.5) is 4.39 Å². The molecule has 0 saturated heterocycles. The van der Waals surface area contributed by atoms with Crippen LogP contribution in [0.3, 0.4) is 0 Å². The zero-order valence-corrected chi connectivity index (χ0v) is 22.7. The molecule has 9 heteroatoms. The molecule has 0 spiro atoms. The number of aromatic nitrogens is 2. The van der Waals surface area contributed by atoms with Crippen LogP contribution in [0.2, 0.25) is 0 Å². The fourth-order valence-corrected chi connectivity index (χ4v) is 9.67. The highest BCUT2D eigenvalue weighted by Gasteiger charge is 2.57. The molecule has 4 aliphatic carbocycles. The van der Waals surface area contributed by atoms with Gasteiger partial charge in [-0.25, -0.2) is 17.8 Å². The standard InChI is InChI=1S/C30H35FN4O3S/c31-25-8-4-7-23-27-16-33-18-35(27)26(29(23)25)11-28(36)30-12-19-9-20(13-30)24(21(10-19)14-30)15-32-17-34-39(37,38)22-5-2-1-3-6-22/h1-8,16,18-21,24,26,28,32,34,36H,9-15,17H2. The molecule has 1 aromatic heterocycles. The van der Waals surface area contributed by atoms with E-state index in [0.717, 1.165) is 37.1 Å². The van der Waals surface area contributed by atoms with E-state index >= 15 is 0 Å². The zero-order chi connectivity index (χ0) is 26.8. The van der Waals surface area contributed by atoms with Crippen LogP contribution in [0.5, 0.6) is 0 Å². The lowest BCUT2D eigenvalue weighted by atomic mass is 9.44. The van der Waals surface area contributed by atoms with Crippen molar-refractivity contribution in [2.45, 2.75) is 55.6 Å². The molecule has 1 aliphatic heterocycles. The number of nitrogens with one attached hydrogen (secondary N) is 2. The molecule has 4 fully saturated rings. The summed E-state index contributed by atoms with van der Waals surface area (Å²) in [6.07, 6.45) is 8.90. The molecule has 4 bridgehead atoms. The molecular weight excluding hydrogens is 515 g/mol. The molecular formula is C30H35FN4O3S. The molecule has 4 unspecified atom stereocenters. The van der Waals surface area contributed by atoms with Crippen LogP contribution in [-0.2, 0) is 10.0 Å². The highest BCUT2D eigenvalue weighted by molar-refractivity contribution is 7.89. The quantitative estimate of drug-likeness (QED) is 0.273. The Labute approximate surface area is 228 Å². The van der Waals surface area contributed by atoms with Crippen LogP contribution in [0.1, 0.15) is 50.1 Å². The molecule has 5 aliphatic rings. The number of nitrogens with zero attached hydrogens (tertiary/aromatic N) is 2. The number of benzene rings is 2. The van der Waals surface area contributed by atoms with Gasteiger partial charge in [-0.2, -0.15) is 4.72 Å². The summed E-state index contributed by atoms with van der Waals surface area (Å²) in [5.41, 5.74) is 2.35. The van der Waals surface area contributed by atoms with Crippen molar-refractivity contribution in [3.63, 3.8) is 0 Å². The summed E-state index contributed by atoms with van der Waals surface area (Å²) in [5, 5.41) is 15.2. The first kappa shape index (κ1) is 25.4. The third kappa shape index (κ3) is 4.25. The molecule has 2 aromatic carbocycles. The van der Waals surface area contributed by atoms with E-state index in [1.165, 1.54) is 18.9 Å². The summed E-state index contributed by atoms with van der Waals surface area (Å²) in [4.78, 5) is 4.58. The van der Waals surface area contributed by atoms with Gasteiger partial charge in [-0.3, -0.25) is 0 Å². The van der Waals surface area contributed by atoms with E-state index in [-0.39, 0.29) is 28.8 Å². The molecule has 3 N–H and O–H groups in total. The van der Waals surface area contributed by atoms with E-state index in [2.05, 4.69) is 15.0 Å². The van der Waals surface area contributed by atoms with E-state index in [1.807, 2.05) is 10.6 Å². The van der Waals surface area contributed by atoms with Crippen LogP contribution in [0, 0.1) is 34.9 Å². The Kier molecular flexibility index (Phi) is 6.19. The number of halogens is 1. The Balaban J connectivity index is 1.02. The molecule has 4 atom stereocenters. The van der Waals surface area contributed by atoms with Gasteiger partial charge in [-0.05, 0) is 92.4 Å². The van der Waals surface area contributed by atoms with Crippen molar-refractivity contribution in [2.75, 3.05) is 13.2 Å². The zero-order valence-electron chi connectivity index (χ0n) is 21.8. The SMILES string of the molecule is O=S(=O)(NCNCC1C2CC3CC1CC(C(O)CC1c4c(F)cccc4-c4cncn41)(C3)C2)c1ccccc1. The smallest absolute Gasteiger partial charge is 0.241 e. The number of hydrogen-bond donors (Lipinski definition) is 3. The minimum absolute atomic E-state index is 0.128. The second-order valence-electron chi connectivity index (χ2n) is 12.2. The number of sulfonamides is 1. The monoisotopic (exact) mass is 550 g/mol. The minimum Gasteiger partial charge on any atom is -0.392 e. The number of rotatable bonds is 9. The molecule has 2 heterocycles. The summed E-state index contributed by atoms with van der Waals surface area (Å²) in [7, 11) is -3.54. The second kappa shape index (κ2) is 9.51. The summed E-state index contributed by atoms with van der Waals surface area (Å²) in [5.74, 6) is 1.92. The summed E-state index contributed by atoms with van der Waals surface area (Å²) in [6, 6.07) is 13.4. The van der Waals surface area contributed by atoms with Gasteiger partial charge >= 0.3 is 0 Å². The average molecular weight is 551 g/mol. The van der Waals surface area contributed by atoms with Gasteiger partial charge < -0.3 is 15.0 Å². The molecule has 206 valence electrons. The summed E-state index contributed by atoms with van der Waals surface area (Å²) in [6.45, 7) is 0.968. The van der Waals surface area contributed by atoms with Crippen LogP contribution < -0.4 is 10.0 Å². The predicted molar refractivity (Wildman–Crippen MR) is 145 cm³/mol. The lowest BCUT2D eigenvalue weighted by Crippen LogP contribution is -2.57. The molecule has 3 aromatic rings. The van der Waals surface area contributed by atoms with Crippen LogP contribution in [0.15, 0.2) is 66.0 Å². The largest absolute Gasteiger partial charge is 0.392 e. The fraction of sp³-hybridized carbons (Fsp3) is 0.500. The van der Waals surface area contributed by atoms with Gasteiger partial charge in [0.05, 0.1) is 41.9 Å². The average Bonchev–Trinajstić information content (AvgIpc) is 3.51. The number of imidazole rings is 1. The lowest BCUT2D eigenvalue weighted by Gasteiger charge is -2.62. The maximum atomic E-state index is 15.0. The molecule has 0 radical (unpaired) electrons. The van der Waals surface area contributed by atoms with E-state index in [4.69, 9.17) is 0 Å². The number of fused-ring (bicyclic) bond motifs is 3. The van der Waals surface area contributed by atoms with Gasteiger partial charge in [-0.15, -0.1) is 0 Å². The third-order valence-electron chi connectivity index (χ3n) is 10.2. The topological polar surface area (TPSA) is 96.2 Å². The van der Waals surface area contributed by atoms with Crippen molar-refractivity contribution in [2.24, 2.45) is 29.1 Å². The van der Waals surface area contributed by atoms with Crippen molar-refractivity contribution in [1.82, 2.24) is 19.6 Å². The van der Waals surface area contributed by atoms with Crippen LogP contribution in [0.25, 0.3) is 11.3 Å². The molecule has 7 nitrogen and oxygen atoms in total.